The first kappa shape index (κ1) is 29.1. The Kier molecular flexibility index (Phi) is 9.09. The van der Waals surface area contributed by atoms with Crippen LogP contribution in [0, 0.1) is 0 Å². The zero-order chi connectivity index (χ0) is 29.0. The number of carbonyl (C=O) groups excluding carboxylic acids is 3. The van der Waals surface area contributed by atoms with Crippen LogP contribution in [0.25, 0.3) is 0 Å². The molecule has 0 radical (unpaired) electrons. The van der Waals surface area contributed by atoms with Gasteiger partial charge in [0.2, 0.25) is 5.91 Å². The van der Waals surface area contributed by atoms with E-state index in [0.29, 0.717) is 11.3 Å². The molecule has 9 nitrogen and oxygen atoms in total. The fourth-order valence-corrected chi connectivity index (χ4v) is 5.78. The third-order valence-corrected chi connectivity index (χ3v) is 8.25. The Hall–Kier alpha value is -3.92. The number of nitrogens with one attached hydrogen (secondary N) is 1. The number of nitrogen functional groups attached to an aromatic ring is 1. The van der Waals surface area contributed by atoms with E-state index >= 15 is 0 Å². The molecule has 1 unspecified atom stereocenters. The highest BCUT2D eigenvalue weighted by Gasteiger charge is 2.37. The highest BCUT2D eigenvalue weighted by atomic mass is 32.1. The molecule has 212 valence electrons. The second-order valence-electron chi connectivity index (χ2n) is 10.8. The molecule has 0 spiro atoms. The monoisotopic (exact) mass is 562 g/mol. The van der Waals surface area contributed by atoms with E-state index in [4.69, 9.17) is 11.5 Å². The molecule has 3 amide bonds. The predicted molar refractivity (Wildman–Crippen MR) is 161 cm³/mol. The summed E-state index contributed by atoms with van der Waals surface area (Å²) in [5, 5.41) is 3.22. The van der Waals surface area contributed by atoms with E-state index in [-0.39, 0.29) is 34.1 Å². The quantitative estimate of drug-likeness (QED) is 0.341. The molecule has 10 heteroatoms. The number of hydrogen-bond donors (Lipinski definition) is 3. The van der Waals surface area contributed by atoms with Gasteiger partial charge < -0.3 is 21.7 Å². The van der Waals surface area contributed by atoms with Gasteiger partial charge in [0.1, 0.15) is 10.9 Å². The number of amides is 3. The average molecular weight is 563 g/mol. The third kappa shape index (κ3) is 6.28. The number of benzene rings is 2. The van der Waals surface area contributed by atoms with E-state index in [0.717, 1.165) is 54.9 Å². The second-order valence-corrected chi connectivity index (χ2v) is 11.6. The number of carbonyl (C=O) groups is 3. The van der Waals surface area contributed by atoms with Gasteiger partial charge in [0.15, 0.2) is 5.69 Å². The van der Waals surface area contributed by atoms with E-state index in [2.05, 4.69) is 23.5 Å². The number of rotatable bonds is 9. The van der Waals surface area contributed by atoms with Gasteiger partial charge in [0.25, 0.3) is 11.8 Å². The Morgan fingerprint density at radius 2 is 1.50 bits per heavy atom. The van der Waals surface area contributed by atoms with Gasteiger partial charge in [0, 0.05) is 31.5 Å². The standard InChI is InChI=1S/C30H38N6O3S/c1-18(2)19-10-16-23(17-11-19)36(30(39)27-24(31)25(28(32)37)34-40-27)26(20-12-14-22(15-13-20)35(3)4)29(38)33-21-8-6-5-7-9-21/h10-18,21,26H,5-9,31H2,1-4H3,(H2,32,37)(H,33,38). The Morgan fingerprint density at radius 3 is 2.02 bits per heavy atom. The summed E-state index contributed by atoms with van der Waals surface area (Å²) in [6, 6.07) is 14.2. The summed E-state index contributed by atoms with van der Waals surface area (Å²) in [6.45, 7) is 4.18. The summed E-state index contributed by atoms with van der Waals surface area (Å²) in [5.74, 6) is -1.33. The Balaban J connectivity index is 1.85. The van der Waals surface area contributed by atoms with Gasteiger partial charge in [-0.15, -0.1) is 0 Å². The summed E-state index contributed by atoms with van der Waals surface area (Å²) in [6.07, 6.45) is 5.07. The van der Waals surface area contributed by atoms with Crippen molar-refractivity contribution in [2.24, 2.45) is 5.73 Å². The first-order valence-corrected chi connectivity index (χ1v) is 14.4. The summed E-state index contributed by atoms with van der Waals surface area (Å²) < 4.78 is 4.04. The highest BCUT2D eigenvalue weighted by Crippen LogP contribution is 2.35. The Labute approximate surface area is 239 Å². The number of aromatic nitrogens is 1. The van der Waals surface area contributed by atoms with Gasteiger partial charge in [-0.25, -0.2) is 0 Å². The second kappa shape index (κ2) is 12.5. The number of nitrogens with two attached hydrogens (primary N) is 2. The lowest BCUT2D eigenvalue weighted by Gasteiger charge is -2.33. The summed E-state index contributed by atoms with van der Waals surface area (Å²) >= 11 is 0.805. The van der Waals surface area contributed by atoms with Crippen LogP contribution in [0.1, 0.15) is 89.2 Å². The fourth-order valence-electron chi connectivity index (χ4n) is 5.04. The van der Waals surface area contributed by atoms with Gasteiger partial charge in [-0.05, 0) is 65.7 Å². The van der Waals surface area contributed by atoms with Crippen molar-refractivity contribution in [3.8, 4) is 0 Å². The zero-order valence-electron chi connectivity index (χ0n) is 23.5. The topological polar surface area (TPSA) is 135 Å². The normalized spacial score (nSPS) is 14.5. The first-order chi connectivity index (χ1) is 19.1. The van der Waals surface area contributed by atoms with Crippen molar-refractivity contribution in [3.05, 3.63) is 70.2 Å². The molecule has 1 aliphatic carbocycles. The van der Waals surface area contributed by atoms with E-state index in [1.807, 2.05) is 67.5 Å². The maximum Gasteiger partial charge on any atom is 0.273 e. The predicted octanol–water partition coefficient (Wildman–Crippen LogP) is 4.85. The smallest absolute Gasteiger partial charge is 0.273 e. The van der Waals surface area contributed by atoms with Gasteiger partial charge in [-0.1, -0.05) is 57.4 Å². The fraction of sp³-hybridized carbons (Fsp3) is 0.400. The molecular formula is C30H38N6O3S. The molecule has 1 aromatic heterocycles. The lowest BCUT2D eigenvalue weighted by atomic mass is 9.94. The van der Waals surface area contributed by atoms with Crippen LogP contribution in [0.3, 0.4) is 0 Å². The number of nitrogens with zero attached hydrogens (tertiary/aromatic N) is 3. The molecule has 1 aliphatic rings. The summed E-state index contributed by atoms with van der Waals surface area (Å²) in [7, 11) is 3.88. The van der Waals surface area contributed by atoms with Crippen LogP contribution >= 0.6 is 11.5 Å². The molecule has 3 aromatic rings. The van der Waals surface area contributed by atoms with Crippen molar-refractivity contribution in [2.75, 3.05) is 29.6 Å². The van der Waals surface area contributed by atoms with Crippen molar-refractivity contribution in [1.29, 1.82) is 0 Å². The highest BCUT2D eigenvalue weighted by molar-refractivity contribution is 7.09. The first-order valence-electron chi connectivity index (χ1n) is 13.6. The maximum absolute atomic E-state index is 14.3. The van der Waals surface area contributed by atoms with Crippen LogP contribution in [0.2, 0.25) is 0 Å². The van der Waals surface area contributed by atoms with Crippen molar-refractivity contribution < 1.29 is 14.4 Å². The molecule has 1 heterocycles. The number of anilines is 3. The van der Waals surface area contributed by atoms with Gasteiger partial charge in [0.05, 0.1) is 5.69 Å². The zero-order valence-corrected chi connectivity index (χ0v) is 24.3. The molecule has 0 saturated heterocycles. The van der Waals surface area contributed by atoms with E-state index < -0.39 is 17.9 Å². The molecule has 4 rings (SSSR count). The summed E-state index contributed by atoms with van der Waals surface area (Å²) in [5.41, 5.74) is 14.6. The van der Waals surface area contributed by atoms with Crippen molar-refractivity contribution in [3.63, 3.8) is 0 Å². The Bertz CT molecular complexity index is 1340. The molecule has 1 saturated carbocycles. The Morgan fingerprint density at radius 1 is 0.925 bits per heavy atom. The average Bonchev–Trinajstić information content (AvgIpc) is 3.33. The lowest BCUT2D eigenvalue weighted by molar-refractivity contribution is -0.123. The molecule has 0 aliphatic heterocycles. The third-order valence-electron chi connectivity index (χ3n) is 7.40. The molecular weight excluding hydrogens is 524 g/mol. The largest absolute Gasteiger partial charge is 0.395 e. The maximum atomic E-state index is 14.3. The lowest BCUT2D eigenvalue weighted by Crippen LogP contribution is -2.47. The molecule has 1 atom stereocenters. The number of hydrogen-bond acceptors (Lipinski definition) is 7. The van der Waals surface area contributed by atoms with Crippen LogP contribution < -0.4 is 26.6 Å². The molecule has 1 fully saturated rings. The van der Waals surface area contributed by atoms with Crippen molar-refractivity contribution in [1.82, 2.24) is 9.69 Å². The minimum atomic E-state index is -0.992. The van der Waals surface area contributed by atoms with Crippen molar-refractivity contribution >= 4 is 46.3 Å². The van der Waals surface area contributed by atoms with Crippen LogP contribution in [0.5, 0.6) is 0 Å². The van der Waals surface area contributed by atoms with Gasteiger partial charge >= 0.3 is 0 Å². The molecule has 2 aromatic carbocycles. The molecule has 40 heavy (non-hydrogen) atoms. The summed E-state index contributed by atoms with van der Waals surface area (Å²) in [4.78, 5) is 43.8. The van der Waals surface area contributed by atoms with E-state index in [1.165, 1.54) is 4.90 Å². The van der Waals surface area contributed by atoms with Gasteiger partial charge in [-0.3, -0.25) is 19.3 Å². The van der Waals surface area contributed by atoms with Crippen LogP contribution in [-0.2, 0) is 4.79 Å². The van der Waals surface area contributed by atoms with Crippen LogP contribution in [-0.4, -0.2) is 42.2 Å². The van der Waals surface area contributed by atoms with Crippen molar-refractivity contribution in [2.45, 2.75) is 64.0 Å². The minimum Gasteiger partial charge on any atom is -0.395 e. The molecule has 5 N–H and O–H groups in total. The van der Waals surface area contributed by atoms with E-state index in [9.17, 15) is 14.4 Å². The van der Waals surface area contributed by atoms with Gasteiger partial charge in [-0.2, -0.15) is 4.37 Å². The van der Waals surface area contributed by atoms with Crippen LogP contribution in [0.4, 0.5) is 17.1 Å². The molecule has 0 bridgehead atoms. The SMILES string of the molecule is CC(C)c1ccc(N(C(=O)c2snc(C(N)=O)c2N)C(C(=O)NC2CCCCC2)c2ccc(N(C)C)cc2)cc1. The van der Waals surface area contributed by atoms with E-state index in [1.54, 1.807) is 0 Å². The number of primary amides is 1. The van der Waals surface area contributed by atoms with Crippen LogP contribution in [0.15, 0.2) is 48.5 Å². The minimum absolute atomic E-state index is 0.0417.